The molecule has 4 rings (SSSR count). The number of pyridine rings is 1. The maximum absolute atomic E-state index is 12.7. The molecule has 1 aromatic carbocycles. The van der Waals surface area contributed by atoms with Crippen molar-refractivity contribution in [2.24, 2.45) is 7.05 Å². The highest BCUT2D eigenvalue weighted by Crippen LogP contribution is 2.27. The first kappa shape index (κ1) is 17.8. The first-order valence-corrected chi connectivity index (χ1v) is 8.90. The summed E-state index contributed by atoms with van der Waals surface area (Å²) in [4.78, 5) is 17.5. The predicted octanol–water partition coefficient (Wildman–Crippen LogP) is 3.61. The summed E-state index contributed by atoms with van der Waals surface area (Å²) in [6.45, 7) is 3.99. The molecule has 0 unspecified atom stereocenters. The summed E-state index contributed by atoms with van der Waals surface area (Å²) in [6.07, 6.45) is 5.60. The minimum absolute atomic E-state index is 0.268. The second-order valence-corrected chi connectivity index (χ2v) is 6.76. The van der Waals surface area contributed by atoms with Gasteiger partial charge in [-0.1, -0.05) is 18.2 Å². The summed E-state index contributed by atoms with van der Waals surface area (Å²) in [5, 5.41) is 7.10. The number of hydrogen-bond acceptors (Lipinski definition) is 4. The van der Waals surface area contributed by atoms with Crippen LogP contribution >= 0.6 is 0 Å². The normalized spacial score (nSPS) is 11.0. The Bertz CT molecular complexity index is 1190. The summed E-state index contributed by atoms with van der Waals surface area (Å²) < 4.78 is 8.74. The Morgan fingerprint density at radius 3 is 2.71 bits per heavy atom. The number of nitrogens with one attached hydrogen (secondary N) is 1. The van der Waals surface area contributed by atoms with Gasteiger partial charge in [-0.3, -0.25) is 9.48 Å². The molecule has 0 saturated heterocycles. The topological polar surface area (TPSA) is 73.5 Å². The number of benzene rings is 1. The molecule has 0 saturated carbocycles. The van der Waals surface area contributed by atoms with Crippen molar-refractivity contribution in [3.05, 3.63) is 65.6 Å². The molecule has 28 heavy (non-hydrogen) atoms. The van der Waals surface area contributed by atoms with Crippen LogP contribution in [-0.4, -0.2) is 32.2 Å². The van der Waals surface area contributed by atoms with Gasteiger partial charge in [0.2, 0.25) is 5.88 Å². The standard InChI is InChI=1S/C21H21N5O2/c1-13-7-8-15(18-12-26-9-5-6-14(2)19(26)22-18)10-17(13)23-20(27)16-11-25(3)24-21(16)28-4/h5-12H,1-4H3,(H,23,27). The molecule has 1 amide bonds. The number of imidazole rings is 1. The molecule has 7 heteroatoms. The van der Waals surface area contributed by atoms with E-state index in [0.29, 0.717) is 11.4 Å². The van der Waals surface area contributed by atoms with Crippen molar-refractivity contribution in [2.45, 2.75) is 13.8 Å². The first-order chi connectivity index (χ1) is 13.5. The summed E-state index contributed by atoms with van der Waals surface area (Å²) in [6, 6.07) is 9.95. The van der Waals surface area contributed by atoms with Gasteiger partial charge in [0, 0.05) is 36.9 Å². The summed E-state index contributed by atoms with van der Waals surface area (Å²) in [5.41, 5.74) is 5.88. The van der Waals surface area contributed by atoms with Crippen LogP contribution < -0.4 is 10.1 Å². The molecule has 3 aromatic heterocycles. The number of fused-ring (bicyclic) bond motifs is 1. The fourth-order valence-corrected chi connectivity index (χ4v) is 3.17. The quantitative estimate of drug-likeness (QED) is 0.591. The van der Waals surface area contributed by atoms with E-state index in [1.165, 1.54) is 7.11 Å². The van der Waals surface area contributed by atoms with Crippen molar-refractivity contribution in [2.75, 3.05) is 12.4 Å². The smallest absolute Gasteiger partial charge is 0.262 e. The van der Waals surface area contributed by atoms with E-state index in [9.17, 15) is 4.79 Å². The fraction of sp³-hybridized carbons (Fsp3) is 0.190. The second kappa shape index (κ2) is 6.84. The lowest BCUT2D eigenvalue weighted by molar-refractivity contribution is 0.102. The molecule has 0 spiro atoms. The number of carbonyl (C=O) groups excluding carboxylic acids is 1. The van der Waals surface area contributed by atoms with Gasteiger partial charge in [-0.25, -0.2) is 4.98 Å². The zero-order valence-corrected chi connectivity index (χ0v) is 16.2. The number of methoxy groups -OCH3 is 1. The average Bonchev–Trinajstić information content (AvgIpc) is 3.27. The van der Waals surface area contributed by atoms with Crippen LogP contribution in [0.15, 0.2) is 48.9 Å². The third kappa shape index (κ3) is 3.11. The lowest BCUT2D eigenvalue weighted by atomic mass is 10.1. The van der Waals surface area contributed by atoms with Gasteiger partial charge in [0.1, 0.15) is 11.2 Å². The molecule has 0 aliphatic carbocycles. The first-order valence-electron chi connectivity index (χ1n) is 8.90. The van der Waals surface area contributed by atoms with Gasteiger partial charge in [0.05, 0.1) is 12.8 Å². The van der Waals surface area contributed by atoms with Crippen molar-refractivity contribution in [1.82, 2.24) is 19.2 Å². The Labute approximate surface area is 162 Å². The number of amides is 1. The maximum atomic E-state index is 12.7. The van der Waals surface area contributed by atoms with Crippen LogP contribution in [0.25, 0.3) is 16.9 Å². The number of aromatic nitrogens is 4. The van der Waals surface area contributed by atoms with E-state index in [1.54, 1.807) is 17.9 Å². The molecule has 0 radical (unpaired) electrons. The van der Waals surface area contributed by atoms with Crippen molar-refractivity contribution in [3.8, 4) is 17.1 Å². The molecular formula is C21H21N5O2. The fourth-order valence-electron chi connectivity index (χ4n) is 3.17. The van der Waals surface area contributed by atoms with Crippen LogP contribution in [0.5, 0.6) is 5.88 Å². The third-order valence-electron chi connectivity index (χ3n) is 4.69. The Morgan fingerprint density at radius 2 is 1.96 bits per heavy atom. The van der Waals surface area contributed by atoms with Gasteiger partial charge < -0.3 is 14.5 Å². The predicted molar refractivity (Wildman–Crippen MR) is 108 cm³/mol. The Hall–Kier alpha value is -3.61. The van der Waals surface area contributed by atoms with E-state index in [4.69, 9.17) is 9.72 Å². The highest BCUT2D eigenvalue weighted by atomic mass is 16.5. The van der Waals surface area contributed by atoms with Gasteiger partial charge in [0.25, 0.3) is 5.91 Å². The Morgan fingerprint density at radius 1 is 1.14 bits per heavy atom. The van der Waals surface area contributed by atoms with Gasteiger partial charge >= 0.3 is 0 Å². The molecule has 3 heterocycles. The minimum atomic E-state index is -0.268. The van der Waals surface area contributed by atoms with Crippen LogP contribution in [-0.2, 0) is 7.05 Å². The highest BCUT2D eigenvalue weighted by Gasteiger charge is 2.17. The van der Waals surface area contributed by atoms with Gasteiger partial charge in [0.15, 0.2) is 0 Å². The van der Waals surface area contributed by atoms with E-state index in [1.807, 2.05) is 61.0 Å². The van der Waals surface area contributed by atoms with Crippen LogP contribution in [0.4, 0.5) is 5.69 Å². The Balaban J connectivity index is 1.68. The molecule has 0 aliphatic heterocycles. The van der Waals surface area contributed by atoms with Gasteiger partial charge in [-0.15, -0.1) is 5.10 Å². The van der Waals surface area contributed by atoms with Crippen LogP contribution in [0.1, 0.15) is 21.5 Å². The highest BCUT2D eigenvalue weighted by molar-refractivity contribution is 6.06. The molecule has 0 bridgehead atoms. The molecule has 0 fully saturated rings. The summed E-state index contributed by atoms with van der Waals surface area (Å²) >= 11 is 0. The lowest BCUT2D eigenvalue weighted by Crippen LogP contribution is -2.13. The van der Waals surface area contributed by atoms with Crippen LogP contribution in [0.2, 0.25) is 0 Å². The van der Waals surface area contributed by atoms with E-state index in [0.717, 1.165) is 33.7 Å². The number of rotatable bonds is 4. The largest absolute Gasteiger partial charge is 0.479 e. The van der Waals surface area contributed by atoms with E-state index >= 15 is 0 Å². The zero-order chi connectivity index (χ0) is 19.8. The van der Waals surface area contributed by atoms with Crippen molar-refractivity contribution in [3.63, 3.8) is 0 Å². The van der Waals surface area contributed by atoms with Crippen LogP contribution in [0.3, 0.4) is 0 Å². The SMILES string of the molecule is COc1nn(C)cc1C(=O)Nc1cc(-c2cn3cccc(C)c3n2)ccc1C. The van der Waals surface area contributed by atoms with Gasteiger partial charge in [-0.2, -0.15) is 0 Å². The molecule has 0 aliphatic rings. The second-order valence-electron chi connectivity index (χ2n) is 6.76. The summed E-state index contributed by atoms with van der Waals surface area (Å²) in [5.74, 6) is 0.0284. The number of anilines is 1. The minimum Gasteiger partial charge on any atom is -0.479 e. The maximum Gasteiger partial charge on any atom is 0.262 e. The molecule has 142 valence electrons. The molecule has 1 N–H and O–H groups in total. The molecule has 0 atom stereocenters. The lowest BCUT2D eigenvalue weighted by Gasteiger charge is -2.10. The van der Waals surface area contributed by atoms with Gasteiger partial charge in [-0.05, 0) is 37.1 Å². The summed E-state index contributed by atoms with van der Waals surface area (Å²) in [7, 11) is 3.24. The number of aryl methyl sites for hydroxylation is 3. The Kier molecular flexibility index (Phi) is 4.35. The molecular weight excluding hydrogens is 354 g/mol. The van der Waals surface area contributed by atoms with Crippen LogP contribution in [0, 0.1) is 13.8 Å². The average molecular weight is 375 g/mol. The third-order valence-corrected chi connectivity index (χ3v) is 4.69. The zero-order valence-electron chi connectivity index (χ0n) is 16.2. The van der Waals surface area contributed by atoms with E-state index in [2.05, 4.69) is 10.4 Å². The number of hydrogen-bond donors (Lipinski definition) is 1. The van der Waals surface area contributed by atoms with Crippen molar-refractivity contribution in [1.29, 1.82) is 0 Å². The van der Waals surface area contributed by atoms with E-state index in [-0.39, 0.29) is 5.91 Å². The molecule has 4 aromatic rings. The monoisotopic (exact) mass is 375 g/mol. The number of carbonyl (C=O) groups is 1. The van der Waals surface area contributed by atoms with Crippen molar-refractivity contribution >= 4 is 17.2 Å². The van der Waals surface area contributed by atoms with Crippen molar-refractivity contribution < 1.29 is 9.53 Å². The molecule has 7 nitrogen and oxygen atoms in total. The number of ether oxygens (including phenoxy) is 1. The number of nitrogens with zero attached hydrogens (tertiary/aromatic N) is 4. The van der Waals surface area contributed by atoms with E-state index < -0.39 is 0 Å².